The van der Waals surface area contributed by atoms with Gasteiger partial charge in [0.25, 0.3) is 0 Å². The Morgan fingerprint density at radius 2 is 1.58 bits per heavy atom. The Labute approximate surface area is 333 Å². The van der Waals surface area contributed by atoms with E-state index in [2.05, 4.69) is 65.5 Å². The van der Waals surface area contributed by atoms with Crippen LogP contribution in [0.4, 0.5) is 4.79 Å². The number of esters is 1. The van der Waals surface area contributed by atoms with Crippen LogP contribution in [0.1, 0.15) is 113 Å². The zero-order valence-corrected chi connectivity index (χ0v) is 33.5. The number of carbonyl (C=O) groups is 4. The third-order valence-electron chi connectivity index (χ3n) is 12.2. The number of benzene rings is 2. The van der Waals surface area contributed by atoms with Crippen LogP contribution in [0, 0.1) is 11.8 Å². The molecular weight excluding hydrogens is 723 g/mol. The molecule has 2 bridgehead atoms. The number of likely N-dealkylation sites (tertiary alicyclic amines) is 2. The summed E-state index contributed by atoms with van der Waals surface area (Å²) in [7, 11) is 1.30. The lowest BCUT2D eigenvalue weighted by molar-refractivity contribution is -0.159. The lowest BCUT2D eigenvalue weighted by Gasteiger charge is -2.39. The molecule has 2 aromatic heterocycles. The van der Waals surface area contributed by atoms with Crippen molar-refractivity contribution in [1.82, 2.24) is 35.1 Å². The Kier molecular flexibility index (Phi) is 10.7. The molecule has 57 heavy (non-hydrogen) atoms. The van der Waals surface area contributed by atoms with Gasteiger partial charge in [-0.25, -0.2) is 14.8 Å². The maximum absolute atomic E-state index is 13.5. The predicted octanol–water partition coefficient (Wildman–Crippen LogP) is 7.23. The summed E-state index contributed by atoms with van der Waals surface area (Å²) in [5.41, 5.74) is 7.81. The van der Waals surface area contributed by atoms with Gasteiger partial charge in [-0.15, -0.1) is 0 Å². The smallest absolute Gasteiger partial charge is 0.407 e. The molecule has 5 unspecified atom stereocenters. The van der Waals surface area contributed by atoms with Crippen LogP contribution in [0.15, 0.2) is 48.8 Å². The molecule has 300 valence electrons. The van der Waals surface area contributed by atoms with Gasteiger partial charge >= 0.3 is 12.1 Å². The van der Waals surface area contributed by atoms with E-state index in [9.17, 15) is 19.2 Å². The van der Waals surface area contributed by atoms with Crippen LogP contribution in [-0.4, -0.2) is 85.9 Å². The van der Waals surface area contributed by atoms with Crippen LogP contribution in [0.2, 0.25) is 0 Å². The Hall–Kier alpha value is -5.46. The molecule has 1 aliphatic carbocycles. The van der Waals surface area contributed by atoms with E-state index in [1.54, 1.807) is 0 Å². The van der Waals surface area contributed by atoms with Crippen molar-refractivity contribution in [2.75, 3.05) is 20.2 Å². The van der Waals surface area contributed by atoms with Crippen LogP contribution in [0.3, 0.4) is 0 Å². The highest BCUT2D eigenvalue weighted by Gasteiger charge is 2.44. The summed E-state index contributed by atoms with van der Waals surface area (Å²) in [4.78, 5) is 72.2. The minimum atomic E-state index is -0.661. The molecule has 5 aliphatic rings. The molecule has 6 heterocycles. The number of carbonyl (C=O) groups excluding carboxylic acids is 4. The molecule has 0 spiro atoms. The quantitative estimate of drug-likeness (QED) is 0.134. The number of methoxy groups -OCH3 is 1. The zero-order valence-electron chi connectivity index (χ0n) is 33.5. The molecule has 3 amide bonds. The Balaban J connectivity index is 1.02. The van der Waals surface area contributed by atoms with E-state index < -0.39 is 12.1 Å². The molecular formula is C44H53N7O6. The SMILES string of the molecule is COC(=O)NC(C(=O)N1CCCC1Cc1ncc(-c2ccc(-c3ccc(-c4cnc(C5CCCN5C(=O)CC(C)C)[nH]4)c4c3C3CCC4C(=O)O3)cc2)[nH]1)C(C)C. The molecule has 4 aliphatic heterocycles. The zero-order chi connectivity index (χ0) is 40.0. The first-order chi connectivity index (χ1) is 27.5. The second kappa shape index (κ2) is 15.8. The van der Waals surface area contributed by atoms with E-state index in [0.717, 1.165) is 101 Å². The first kappa shape index (κ1) is 38.4. The van der Waals surface area contributed by atoms with Crippen molar-refractivity contribution in [2.24, 2.45) is 11.8 Å². The number of hydrogen-bond donors (Lipinski definition) is 3. The van der Waals surface area contributed by atoms with Crippen molar-refractivity contribution in [3.8, 4) is 33.6 Å². The van der Waals surface area contributed by atoms with Crippen molar-refractivity contribution in [1.29, 1.82) is 0 Å². The van der Waals surface area contributed by atoms with Gasteiger partial charge in [0, 0.05) is 43.1 Å². The average molecular weight is 776 g/mol. The summed E-state index contributed by atoms with van der Waals surface area (Å²) in [6.45, 7) is 9.34. The van der Waals surface area contributed by atoms with E-state index in [-0.39, 0.29) is 47.8 Å². The lowest BCUT2D eigenvalue weighted by Crippen LogP contribution is -2.52. The van der Waals surface area contributed by atoms with E-state index in [1.165, 1.54) is 7.11 Å². The number of hydrogen-bond acceptors (Lipinski definition) is 8. The van der Waals surface area contributed by atoms with Gasteiger partial charge in [0.15, 0.2) is 0 Å². The summed E-state index contributed by atoms with van der Waals surface area (Å²) in [5.74, 6) is 1.34. The average Bonchev–Trinajstić information content (AvgIpc) is 4.04. The van der Waals surface area contributed by atoms with Gasteiger partial charge in [-0.1, -0.05) is 64.1 Å². The maximum Gasteiger partial charge on any atom is 0.407 e. The topological polar surface area (TPSA) is 163 Å². The number of alkyl carbamates (subject to hydrolysis) is 1. The predicted molar refractivity (Wildman–Crippen MR) is 214 cm³/mol. The normalized spacial score (nSPS) is 21.9. The number of imidazole rings is 2. The fourth-order valence-electron chi connectivity index (χ4n) is 9.37. The fourth-order valence-corrected chi connectivity index (χ4v) is 9.37. The second-order valence-electron chi connectivity index (χ2n) is 16.8. The highest BCUT2D eigenvalue weighted by molar-refractivity contribution is 5.90. The first-order valence-corrected chi connectivity index (χ1v) is 20.5. The molecule has 13 heteroatoms. The number of fused-ring (bicyclic) bond motifs is 2. The third-order valence-corrected chi connectivity index (χ3v) is 12.2. The van der Waals surface area contributed by atoms with Crippen molar-refractivity contribution >= 4 is 23.9 Å². The number of H-pyrrole nitrogens is 2. The summed E-state index contributed by atoms with van der Waals surface area (Å²) in [5, 5.41) is 2.71. The van der Waals surface area contributed by atoms with Gasteiger partial charge in [0.1, 0.15) is 23.8 Å². The number of aromatic amines is 2. The summed E-state index contributed by atoms with van der Waals surface area (Å²) >= 11 is 0. The molecule has 3 saturated heterocycles. The van der Waals surface area contributed by atoms with Crippen LogP contribution in [0.25, 0.3) is 33.6 Å². The summed E-state index contributed by atoms with van der Waals surface area (Å²) < 4.78 is 10.7. The van der Waals surface area contributed by atoms with E-state index in [4.69, 9.17) is 19.4 Å². The number of amides is 3. The van der Waals surface area contributed by atoms with Crippen LogP contribution >= 0.6 is 0 Å². The Bertz CT molecular complexity index is 2160. The first-order valence-electron chi connectivity index (χ1n) is 20.5. The molecule has 9 rings (SSSR count). The largest absolute Gasteiger partial charge is 0.457 e. The maximum atomic E-state index is 13.5. The summed E-state index contributed by atoms with van der Waals surface area (Å²) in [6, 6.07) is 11.8. The van der Waals surface area contributed by atoms with Gasteiger partial charge in [0.2, 0.25) is 11.8 Å². The van der Waals surface area contributed by atoms with Crippen molar-refractivity contribution in [2.45, 2.75) is 109 Å². The number of ether oxygens (including phenoxy) is 2. The highest BCUT2D eigenvalue weighted by Crippen LogP contribution is 2.52. The van der Waals surface area contributed by atoms with Gasteiger partial charge in [0.05, 0.1) is 42.9 Å². The van der Waals surface area contributed by atoms with Crippen LogP contribution in [-0.2, 0) is 30.3 Å². The van der Waals surface area contributed by atoms with Gasteiger partial charge in [-0.2, -0.15) is 0 Å². The number of nitrogens with one attached hydrogen (secondary N) is 3. The summed E-state index contributed by atoms with van der Waals surface area (Å²) in [6.07, 6.45) is 8.95. The highest BCUT2D eigenvalue weighted by atomic mass is 16.5. The van der Waals surface area contributed by atoms with Gasteiger partial charge in [-0.3, -0.25) is 14.4 Å². The molecule has 3 fully saturated rings. The molecule has 13 nitrogen and oxygen atoms in total. The molecule has 5 atom stereocenters. The van der Waals surface area contributed by atoms with Gasteiger partial charge in [-0.05, 0) is 72.6 Å². The standard InChI is InChI=1S/C44H53N7O6/c1-24(2)20-37(52)51-19-7-9-34(51)41-46-23-33(48-41)30-15-14-29(39-35-17-16-31(38(30)39)43(54)57-35)26-10-12-27(13-11-26)32-22-45-36(47-32)21-28-8-6-18-50(28)42(53)40(25(3)4)49-44(55)56-5/h10-15,22-25,28,31,34-35,40H,6-9,16-21H2,1-5H3,(H,45,47)(H,46,48)(H,49,55). The number of aromatic nitrogens is 4. The Morgan fingerprint density at radius 3 is 2.32 bits per heavy atom. The molecule has 2 aromatic carbocycles. The van der Waals surface area contributed by atoms with Crippen molar-refractivity contribution in [3.05, 3.63) is 71.6 Å². The third kappa shape index (κ3) is 7.44. The van der Waals surface area contributed by atoms with Crippen LogP contribution < -0.4 is 5.32 Å². The minimum Gasteiger partial charge on any atom is -0.457 e. The van der Waals surface area contributed by atoms with Crippen molar-refractivity contribution in [3.63, 3.8) is 0 Å². The fraction of sp³-hybridized carbons (Fsp3) is 0.500. The van der Waals surface area contributed by atoms with E-state index >= 15 is 0 Å². The Morgan fingerprint density at radius 1 is 0.860 bits per heavy atom. The molecule has 0 saturated carbocycles. The molecule has 0 radical (unpaired) electrons. The van der Waals surface area contributed by atoms with E-state index in [0.29, 0.717) is 25.3 Å². The van der Waals surface area contributed by atoms with E-state index in [1.807, 2.05) is 36.0 Å². The second-order valence-corrected chi connectivity index (χ2v) is 16.8. The molecule has 4 aromatic rings. The molecule has 3 N–H and O–H groups in total. The number of rotatable bonds is 11. The van der Waals surface area contributed by atoms with Crippen LogP contribution in [0.5, 0.6) is 0 Å². The minimum absolute atomic E-state index is 0.0252. The number of nitrogens with zero attached hydrogens (tertiary/aromatic N) is 4. The van der Waals surface area contributed by atoms with Gasteiger partial charge < -0.3 is 34.6 Å². The van der Waals surface area contributed by atoms with Crippen molar-refractivity contribution < 1.29 is 28.7 Å². The lowest BCUT2D eigenvalue weighted by atomic mass is 9.73. The monoisotopic (exact) mass is 775 g/mol.